The molecule has 0 spiro atoms. The smallest absolute Gasteiger partial charge is 0.227 e. The second-order valence-electron chi connectivity index (χ2n) is 6.14. The Labute approximate surface area is 145 Å². The second-order valence-corrected chi connectivity index (χ2v) is 6.14. The molecule has 0 fully saturated rings. The molecular formula is C19H18N4O2. The summed E-state index contributed by atoms with van der Waals surface area (Å²) >= 11 is 0. The number of pyridine rings is 1. The van der Waals surface area contributed by atoms with Gasteiger partial charge in [-0.1, -0.05) is 11.2 Å². The van der Waals surface area contributed by atoms with E-state index in [1.54, 1.807) is 12.4 Å². The standard InChI is InChI=1S/C19H18N4O2/c24-17(21-16-7-6-13-3-1-4-14(13)11-16)8-9-18-22-19(23-25-18)15-5-2-10-20-12-15/h2,5-7,10-12H,1,3-4,8-9H2,(H,21,24). The van der Waals surface area contributed by atoms with Crippen LogP contribution in [0.2, 0.25) is 0 Å². The minimum Gasteiger partial charge on any atom is -0.339 e. The first kappa shape index (κ1) is 15.5. The van der Waals surface area contributed by atoms with E-state index in [9.17, 15) is 4.79 Å². The predicted molar refractivity (Wildman–Crippen MR) is 92.9 cm³/mol. The number of benzene rings is 1. The molecule has 0 aliphatic heterocycles. The van der Waals surface area contributed by atoms with Crippen molar-refractivity contribution in [2.75, 3.05) is 5.32 Å². The Hall–Kier alpha value is -3.02. The van der Waals surface area contributed by atoms with Crippen molar-refractivity contribution in [2.45, 2.75) is 32.1 Å². The molecule has 0 atom stereocenters. The van der Waals surface area contributed by atoms with E-state index >= 15 is 0 Å². The zero-order valence-electron chi connectivity index (χ0n) is 13.7. The average molecular weight is 334 g/mol. The average Bonchev–Trinajstić information content (AvgIpc) is 3.30. The summed E-state index contributed by atoms with van der Waals surface area (Å²) in [6, 6.07) is 9.83. The second kappa shape index (κ2) is 6.84. The van der Waals surface area contributed by atoms with Crippen LogP contribution in [0.1, 0.15) is 29.9 Å². The minimum absolute atomic E-state index is 0.0564. The number of aromatic nitrogens is 3. The van der Waals surface area contributed by atoms with E-state index in [2.05, 4.69) is 32.6 Å². The van der Waals surface area contributed by atoms with Crippen molar-refractivity contribution in [3.05, 3.63) is 59.7 Å². The van der Waals surface area contributed by atoms with Crippen LogP contribution < -0.4 is 5.32 Å². The molecule has 2 aromatic heterocycles. The van der Waals surface area contributed by atoms with Crippen LogP contribution in [-0.2, 0) is 24.1 Å². The van der Waals surface area contributed by atoms with Crippen molar-refractivity contribution in [3.8, 4) is 11.4 Å². The number of rotatable bonds is 5. The molecule has 126 valence electrons. The van der Waals surface area contributed by atoms with E-state index in [0.29, 0.717) is 24.6 Å². The van der Waals surface area contributed by atoms with Gasteiger partial charge in [-0.25, -0.2) is 0 Å². The Kier molecular flexibility index (Phi) is 4.24. The number of carbonyl (C=O) groups excluding carboxylic acids is 1. The number of aryl methyl sites for hydroxylation is 3. The zero-order chi connectivity index (χ0) is 17.1. The van der Waals surface area contributed by atoms with Gasteiger partial charge in [0.1, 0.15) is 0 Å². The maximum absolute atomic E-state index is 12.2. The fourth-order valence-electron chi connectivity index (χ4n) is 3.06. The summed E-state index contributed by atoms with van der Waals surface area (Å²) in [6.45, 7) is 0. The monoisotopic (exact) mass is 334 g/mol. The van der Waals surface area contributed by atoms with Gasteiger partial charge in [-0.2, -0.15) is 4.98 Å². The maximum Gasteiger partial charge on any atom is 0.227 e. The molecule has 0 saturated carbocycles. The number of nitrogens with zero attached hydrogens (tertiary/aromatic N) is 3. The van der Waals surface area contributed by atoms with Crippen molar-refractivity contribution in [1.82, 2.24) is 15.1 Å². The molecule has 0 saturated heterocycles. The van der Waals surface area contributed by atoms with Gasteiger partial charge in [-0.15, -0.1) is 0 Å². The Morgan fingerprint density at radius 3 is 3.00 bits per heavy atom. The number of amides is 1. The Morgan fingerprint density at radius 2 is 2.12 bits per heavy atom. The largest absolute Gasteiger partial charge is 0.339 e. The highest BCUT2D eigenvalue weighted by Gasteiger charge is 2.13. The van der Waals surface area contributed by atoms with Gasteiger partial charge in [0.25, 0.3) is 0 Å². The van der Waals surface area contributed by atoms with Crippen molar-refractivity contribution >= 4 is 11.6 Å². The third-order valence-electron chi connectivity index (χ3n) is 4.34. The molecule has 2 heterocycles. The molecule has 1 N–H and O–H groups in total. The van der Waals surface area contributed by atoms with Crippen LogP contribution in [0.15, 0.2) is 47.2 Å². The zero-order valence-corrected chi connectivity index (χ0v) is 13.7. The lowest BCUT2D eigenvalue weighted by Gasteiger charge is -2.06. The molecule has 4 rings (SSSR count). The summed E-state index contributed by atoms with van der Waals surface area (Å²) in [5, 5.41) is 6.87. The number of hydrogen-bond donors (Lipinski definition) is 1. The lowest BCUT2D eigenvalue weighted by molar-refractivity contribution is -0.116. The molecule has 0 unspecified atom stereocenters. The molecule has 3 aromatic rings. The van der Waals surface area contributed by atoms with Crippen molar-refractivity contribution in [2.24, 2.45) is 0 Å². The molecular weight excluding hydrogens is 316 g/mol. The molecule has 1 aliphatic carbocycles. The number of nitrogens with one attached hydrogen (secondary N) is 1. The maximum atomic E-state index is 12.2. The fourth-order valence-corrected chi connectivity index (χ4v) is 3.06. The van der Waals surface area contributed by atoms with Gasteiger partial charge >= 0.3 is 0 Å². The van der Waals surface area contributed by atoms with Crippen LogP contribution in [0.3, 0.4) is 0 Å². The summed E-state index contributed by atoms with van der Waals surface area (Å²) in [7, 11) is 0. The van der Waals surface area contributed by atoms with E-state index < -0.39 is 0 Å². The molecule has 6 nitrogen and oxygen atoms in total. The number of anilines is 1. The molecule has 1 aromatic carbocycles. The van der Waals surface area contributed by atoms with Crippen LogP contribution in [0.4, 0.5) is 5.69 Å². The van der Waals surface area contributed by atoms with Gasteiger partial charge in [-0.3, -0.25) is 9.78 Å². The predicted octanol–water partition coefficient (Wildman–Crippen LogP) is 3.19. The Bertz CT molecular complexity index is 889. The van der Waals surface area contributed by atoms with Crippen molar-refractivity contribution in [3.63, 3.8) is 0 Å². The van der Waals surface area contributed by atoms with E-state index in [4.69, 9.17) is 4.52 Å². The fraction of sp³-hybridized carbons (Fsp3) is 0.263. The third kappa shape index (κ3) is 3.57. The lowest BCUT2D eigenvalue weighted by atomic mass is 10.1. The molecule has 0 radical (unpaired) electrons. The first-order valence-corrected chi connectivity index (χ1v) is 8.42. The summed E-state index contributed by atoms with van der Waals surface area (Å²) in [6.07, 6.45) is 7.50. The quantitative estimate of drug-likeness (QED) is 0.775. The first-order chi connectivity index (χ1) is 12.3. The van der Waals surface area contributed by atoms with E-state index in [1.807, 2.05) is 18.2 Å². The van der Waals surface area contributed by atoms with E-state index in [-0.39, 0.29) is 5.91 Å². The first-order valence-electron chi connectivity index (χ1n) is 8.42. The van der Waals surface area contributed by atoms with Crippen molar-refractivity contribution in [1.29, 1.82) is 0 Å². The van der Waals surface area contributed by atoms with Crippen LogP contribution >= 0.6 is 0 Å². The molecule has 1 aliphatic rings. The van der Waals surface area contributed by atoms with Crippen LogP contribution in [0.25, 0.3) is 11.4 Å². The highest BCUT2D eigenvalue weighted by atomic mass is 16.5. The molecule has 25 heavy (non-hydrogen) atoms. The summed E-state index contributed by atoms with van der Waals surface area (Å²) in [4.78, 5) is 20.5. The summed E-state index contributed by atoms with van der Waals surface area (Å²) in [5.41, 5.74) is 4.38. The molecule has 1 amide bonds. The summed E-state index contributed by atoms with van der Waals surface area (Å²) < 4.78 is 5.21. The Morgan fingerprint density at radius 1 is 1.20 bits per heavy atom. The number of fused-ring (bicyclic) bond motifs is 1. The van der Waals surface area contributed by atoms with Crippen molar-refractivity contribution < 1.29 is 9.32 Å². The van der Waals surface area contributed by atoms with Gasteiger partial charge in [0.05, 0.1) is 0 Å². The van der Waals surface area contributed by atoms with Gasteiger partial charge in [0.15, 0.2) is 0 Å². The van der Waals surface area contributed by atoms with Gasteiger partial charge in [-0.05, 0) is 54.7 Å². The van der Waals surface area contributed by atoms with Crippen LogP contribution in [0, 0.1) is 0 Å². The number of carbonyl (C=O) groups is 1. The van der Waals surface area contributed by atoms with Gasteiger partial charge in [0.2, 0.25) is 17.6 Å². The topological polar surface area (TPSA) is 80.9 Å². The van der Waals surface area contributed by atoms with E-state index in [1.165, 1.54) is 17.5 Å². The number of hydrogen-bond acceptors (Lipinski definition) is 5. The summed E-state index contributed by atoms with van der Waals surface area (Å²) in [5.74, 6) is 0.879. The van der Waals surface area contributed by atoms with Crippen LogP contribution in [-0.4, -0.2) is 21.0 Å². The van der Waals surface area contributed by atoms with Crippen LogP contribution in [0.5, 0.6) is 0 Å². The SMILES string of the molecule is O=C(CCc1nc(-c2cccnc2)no1)Nc1ccc2c(c1)CCC2. The van der Waals surface area contributed by atoms with Gasteiger partial charge < -0.3 is 9.84 Å². The highest BCUT2D eigenvalue weighted by Crippen LogP contribution is 2.25. The highest BCUT2D eigenvalue weighted by molar-refractivity contribution is 5.90. The minimum atomic E-state index is -0.0564. The Balaban J connectivity index is 1.34. The normalized spacial score (nSPS) is 12.8. The third-order valence-corrected chi connectivity index (χ3v) is 4.34. The molecule has 6 heteroatoms. The van der Waals surface area contributed by atoms with E-state index in [0.717, 1.165) is 24.1 Å². The lowest BCUT2D eigenvalue weighted by Crippen LogP contribution is -2.12. The molecule has 0 bridgehead atoms. The van der Waals surface area contributed by atoms with Gasteiger partial charge in [0, 0.05) is 36.5 Å².